The first-order valence-electron chi connectivity index (χ1n) is 10.5. The van der Waals surface area contributed by atoms with E-state index in [-0.39, 0.29) is 43.3 Å². The van der Waals surface area contributed by atoms with Crippen LogP contribution in [0.5, 0.6) is 0 Å². The number of aliphatic hydroxyl groups excluding tert-OH is 1. The van der Waals surface area contributed by atoms with E-state index in [0.29, 0.717) is 37.2 Å². The molecule has 4 unspecified atom stereocenters. The summed E-state index contributed by atoms with van der Waals surface area (Å²) in [5.41, 5.74) is -3.47. The van der Waals surface area contributed by atoms with Gasteiger partial charge in [0, 0.05) is 17.5 Å². The van der Waals surface area contributed by atoms with Crippen molar-refractivity contribution in [3.8, 4) is 0 Å². The molecule has 2 fully saturated rings. The van der Waals surface area contributed by atoms with Crippen molar-refractivity contribution in [3.05, 3.63) is 40.7 Å². The summed E-state index contributed by atoms with van der Waals surface area (Å²) >= 11 is 0. The number of rotatable bonds is 6. The monoisotopic (exact) mass is 479 g/mol. The molecule has 7 nitrogen and oxygen atoms in total. The van der Waals surface area contributed by atoms with Crippen LogP contribution >= 0.6 is 0 Å². The zero-order valence-electron chi connectivity index (χ0n) is 17.6. The highest BCUT2D eigenvalue weighted by Gasteiger charge is 2.52. The third kappa shape index (κ3) is 4.85. The molecule has 2 aromatic rings. The first-order chi connectivity index (χ1) is 15.4. The van der Waals surface area contributed by atoms with E-state index in [9.17, 15) is 31.4 Å². The Morgan fingerprint density at radius 3 is 2.39 bits per heavy atom. The first kappa shape index (κ1) is 23.9. The highest BCUT2D eigenvalue weighted by molar-refractivity contribution is 5.33. The van der Waals surface area contributed by atoms with Crippen LogP contribution in [0.15, 0.2) is 18.2 Å². The minimum absolute atomic E-state index is 0.0451. The van der Waals surface area contributed by atoms with Gasteiger partial charge in [0.15, 0.2) is 5.82 Å². The summed E-state index contributed by atoms with van der Waals surface area (Å²) in [7, 11) is 0. The lowest BCUT2D eigenvalue weighted by molar-refractivity contribution is -0.143. The third-order valence-electron chi connectivity index (χ3n) is 6.40. The number of nitrogens with one attached hydrogen (secondary N) is 1. The average molecular weight is 479 g/mol. The van der Waals surface area contributed by atoms with Crippen molar-refractivity contribution in [2.75, 3.05) is 6.61 Å². The maximum Gasteiger partial charge on any atom is 0.416 e. The number of tetrazole rings is 1. The van der Waals surface area contributed by atoms with Crippen LogP contribution < -0.4 is 5.32 Å². The molecule has 4 rings (SSSR count). The second-order valence-electron chi connectivity index (χ2n) is 8.75. The van der Waals surface area contributed by atoms with Crippen LogP contribution in [0.1, 0.15) is 54.6 Å². The Hall–Kier alpha value is -2.25. The number of aliphatic hydroxyl groups is 1. The summed E-state index contributed by atoms with van der Waals surface area (Å²) in [5.74, 6) is 0.564. The van der Waals surface area contributed by atoms with Gasteiger partial charge in [0.2, 0.25) is 0 Å². The molecule has 33 heavy (non-hydrogen) atoms. The van der Waals surface area contributed by atoms with Gasteiger partial charge >= 0.3 is 12.4 Å². The molecule has 2 bridgehead atoms. The molecular formula is C20H23F6N5O2. The number of nitrogens with zero attached hydrogens (tertiary/aromatic N) is 4. The first-order valence-corrected chi connectivity index (χ1v) is 10.5. The zero-order valence-corrected chi connectivity index (χ0v) is 17.6. The molecule has 0 amide bonds. The number of fused-ring (bicyclic) bond motifs is 2. The Balaban J connectivity index is 1.51. The van der Waals surface area contributed by atoms with E-state index >= 15 is 0 Å². The number of hydrogen-bond acceptors (Lipinski definition) is 6. The summed E-state index contributed by atoms with van der Waals surface area (Å²) in [6.07, 6.45) is -8.41. The van der Waals surface area contributed by atoms with Crippen molar-refractivity contribution >= 4 is 0 Å². The van der Waals surface area contributed by atoms with Gasteiger partial charge in [-0.05, 0) is 60.4 Å². The van der Waals surface area contributed by atoms with E-state index in [4.69, 9.17) is 4.74 Å². The molecular weight excluding hydrogens is 456 g/mol. The van der Waals surface area contributed by atoms with Crippen LogP contribution in [0.3, 0.4) is 0 Å². The van der Waals surface area contributed by atoms with Gasteiger partial charge in [-0.1, -0.05) is 0 Å². The zero-order chi connectivity index (χ0) is 24.0. The van der Waals surface area contributed by atoms with Gasteiger partial charge < -0.3 is 15.2 Å². The molecule has 2 aliphatic heterocycles. The number of alkyl halides is 6. The molecule has 0 spiro atoms. The summed E-state index contributed by atoms with van der Waals surface area (Å²) in [6.45, 7) is 1.66. The molecule has 0 saturated carbocycles. The number of benzene rings is 1. The lowest BCUT2D eigenvalue weighted by atomic mass is 9.88. The van der Waals surface area contributed by atoms with Crippen molar-refractivity contribution < 1.29 is 36.2 Å². The van der Waals surface area contributed by atoms with Crippen molar-refractivity contribution in [2.24, 2.45) is 0 Å². The Bertz CT molecular complexity index is 962. The van der Waals surface area contributed by atoms with E-state index in [1.165, 1.54) is 4.68 Å². The van der Waals surface area contributed by atoms with E-state index in [0.717, 1.165) is 0 Å². The predicted molar refractivity (Wildman–Crippen MR) is 102 cm³/mol. The minimum Gasteiger partial charge on any atom is -0.394 e. The smallest absolute Gasteiger partial charge is 0.394 e. The molecule has 3 heterocycles. The maximum atomic E-state index is 13.1. The number of halogens is 6. The van der Waals surface area contributed by atoms with Gasteiger partial charge in [-0.15, -0.1) is 5.10 Å². The number of ether oxygens (including phenoxy) is 1. The quantitative estimate of drug-likeness (QED) is 0.619. The molecule has 4 atom stereocenters. The highest BCUT2D eigenvalue weighted by atomic mass is 19.4. The van der Waals surface area contributed by atoms with Gasteiger partial charge in [-0.25, -0.2) is 4.68 Å². The standard InChI is InChI=1S/C20H23F6N5O2/c1-18-9-14(17-28-29-30-31(17)4-5-32)15(27-18)2-3-16(18)33-10-11-6-12(19(21,22)23)8-13(7-11)20(24,25)26/h6-8,14-16,27,32H,2-5,9-10H2,1H3. The van der Waals surface area contributed by atoms with Crippen LogP contribution in [0, 0.1) is 0 Å². The minimum atomic E-state index is -4.90. The van der Waals surface area contributed by atoms with Crippen LogP contribution in [-0.2, 0) is 30.2 Å². The second-order valence-corrected chi connectivity index (χ2v) is 8.75. The highest BCUT2D eigenvalue weighted by Crippen LogP contribution is 2.45. The van der Waals surface area contributed by atoms with Crippen LogP contribution in [0.25, 0.3) is 0 Å². The molecule has 1 aromatic heterocycles. The predicted octanol–water partition coefficient (Wildman–Crippen LogP) is 3.29. The molecule has 0 aliphatic carbocycles. The summed E-state index contributed by atoms with van der Waals surface area (Å²) < 4.78 is 86.2. The molecule has 13 heteroatoms. The number of piperidine rings is 1. The third-order valence-corrected chi connectivity index (χ3v) is 6.40. The molecule has 2 N–H and O–H groups in total. The topological polar surface area (TPSA) is 85.1 Å². The van der Waals surface area contributed by atoms with Crippen LogP contribution in [0.4, 0.5) is 26.3 Å². The van der Waals surface area contributed by atoms with Gasteiger partial charge in [0.1, 0.15) is 0 Å². The van der Waals surface area contributed by atoms with E-state index < -0.39 is 35.1 Å². The molecule has 0 radical (unpaired) electrons. The van der Waals surface area contributed by atoms with Crippen molar-refractivity contribution in [1.82, 2.24) is 25.5 Å². The Labute approximate surface area is 185 Å². The molecule has 2 aliphatic rings. The van der Waals surface area contributed by atoms with E-state index in [1.54, 1.807) is 0 Å². The Kier molecular flexibility index (Phi) is 6.16. The maximum absolute atomic E-state index is 13.1. The van der Waals surface area contributed by atoms with Crippen molar-refractivity contribution in [2.45, 2.75) is 75.3 Å². The summed E-state index contributed by atoms with van der Waals surface area (Å²) in [5, 5.41) is 24.3. The van der Waals surface area contributed by atoms with Gasteiger partial charge in [0.05, 0.1) is 37.0 Å². The average Bonchev–Trinajstić information content (AvgIpc) is 3.28. The SMILES string of the molecule is CC12CC(c3nnnn3CCO)C(CCC1OCc1cc(C(F)(F)F)cc(C(F)(F)F)c1)N2. The van der Waals surface area contributed by atoms with Crippen LogP contribution in [0.2, 0.25) is 0 Å². The largest absolute Gasteiger partial charge is 0.416 e. The van der Waals surface area contributed by atoms with E-state index in [2.05, 4.69) is 20.8 Å². The van der Waals surface area contributed by atoms with Crippen molar-refractivity contribution in [1.29, 1.82) is 0 Å². The summed E-state index contributed by atoms with van der Waals surface area (Å²) in [6, 6.07) is 1.54. The Morgan fingerprint density at radius 2 is 1.79 bits per heavy atom. The Morgan fingerprint density at radius 1 is 1.12 bits per heavy atom. The summed E-state index contributed by atoms with van der Waals surface area (Å²) in [4.78, 5) is 0. The molecule has 182 valence electrons. The number of hydrogen-bond donors (Lipinski definition) is 2. The lowest BCUT2D eigenvalue weighted by Crippen LogP contribution is -2.54. The van der Waals surface area contributed by atoms with Gasteiger partial charge in [-0.2, -0.15) is 26.3 Å². The van der Waals surface area contributed by atoms with Crippen molar-refractivity contribution in [3.63, 3.8) is 0 Å². The number of aromatic nitrogens is 4. The van der Waals surface area contributed by atoms with E-state index in [1.807, 2.05) is 6.92 Å². The second kappa shape index (κ2) is 8.51. The molecule has 1 aromatic carbocycles. The fourth-order valence-corrected chi connectivity index (χ4v) is 4.90. The van der Waals surface area contributed by atoms with Gasteiger partial charge in [0.25, 0.3) is 0 Å². The normalized spacial score (nSPS) is 27.8. The molecule has 2 saturated heterocycles. The fraction of sp³-hybridized carbons (Fsp3) is 0.650. The van der Waals surface area contributed by atoms with Crippen LogP contribution in [-0.4, -0.2) is 49.6 Å². The van der Waals surface area contributed by atoms with Gasteiger partial charge in [-0.3, -0.25) is 0 Å². The fourth-order valence-electron chi connectivity index (χ4n) is 4.90. The lowest BCUT2D eigenvalue weighted by Gasteiger charge is -2.39.